The Labute approximate surface area is 245 Å². The number of nitrogens with zero attached hydrogens (tertiary/aromatic N) is 1. The second-order valence-corrected chi connectivity index (χ2v) is 10.9. The zero-order chi connectivity index (χ0) is 28.9. The van der Waals surface area contributed by atoms with E-state index >= 15 is 0 Å². The molecule has 1 saturated carbocycles. The third-order valence-electron chi connectivity index (χ3n) is 7.92. The number of esters is 1. The second kappa shape index (κ2) is 16.0. The molecule has 1 fully saturated rings. The number of benzene rings is 3. The Balaban J connectivity index is 1.28. The van der Waals surface area contributed by atoms with Gasteiger partial charge in [0.2, 0.25) is 0 Å². The number of amides is 1. The predicted octanol–water partition coefficient (Wildman–Crippen LogP) is 7.66. The Morgan fingerprint density at radius 2 is 1.54 bits per heavy atom. The summed E-state index contributed by atoms with van der Waals surface area (Å²) >= 11 is 0. The van der Waals surface area contributed by atoms with E-state index in [2.05, 4.69) is 53.7 Å². The van der Waals surface area contributed by atoms with Crippen LogP contribution in [0, 0.1) is 0 Å². The van der Waals surface area contributed by atoms with Gasteiger partial charge in [-0.25, -0.2) is 4.79 Å². The summed E-state index contributed by atoms with van der Waals surface area (Å²) in [5, 5.41) is 3.03. The Kier molecular flexibility index (Phi) is 11.8. The van der Waals surface area contributed by atoms with Gasteiger partial charge in [-0.15, -0.1) is 0 Å². The predicted molar refractivity (Wildman–Crippen MR) is 165 cm³/mol. The summed E-state index contributed by atoms with van der Waals surface area (Å²) < 4.78 is 10.9. The van der Waals surface area contributed by atoms with Crippen molar-refractivity contribution in [1.29, 1.82) is 0 Å². The van der Waals surface area contributed by atoms with Gasteiger partial charge in [0.1, 0.15) is 6.10 Å². The zero-order valence-corrected chi connectivity index (χ0v) is 24.5. The van der Waals surface area contributed by atoms with Crippen molar-refractivity contribution in [2.45, 2.75) is 76.9 Å². The van der Waals surface area contributed by atoms with Gasteiger partial charge in [0, 0.05) is 18.0 Å². The van der Waals surface area contributed by atoms with Crippen LogP contribution in [0.25, 0.3) is 11.1 Å². The molecule has 0 bridgehead atoms. The highest BCUT2D eigenvalue weighted by Gasteiger charge is 2.26. The van der Waals surface area contributed by atoms with Crippen LogP contribution in [0.1, 0.15) is 63.0 Å². The van der Waals surface area contributed by atoms with E-state index < -0.39 is 6.09 Å². The summed E-state index contributed by atoms with van der Waals surface area (Å²) in [6, 6.07) is 27.3. The lowest BCUT2D eigenvalue weighted by Gasteiger charge is -2.34. The molecule has 3 aromatic rings. The highest BCUT2D eigenvalue weighted by Crippen LogP contribution is 2.31. The van der Waals surface area contributed by atoms with Crippen molar-refractivity contribution < 1.29 is 19.1 Å². The lowest BCUT2D eigenvalue weighted by molar-refractivity contribution is -0.143. The molecule has 4 rings (SSSR count). The molecule has 1 aliphatic carbocycles. The number of rotatable bonds is 13. The fourth-order valence-corrected chi connectivity index (χ4v) is 5.64. The van der Waals surface area contributed by atoms with Crippen LogP contribution in [0.4, 0.5) is 10.5 Å². The molecule has 218 valence electrons. The number of ether oxygens (including phenoxy) is 2. The monoisotopic (exact) mass is 556 g/mol. The molecule has 0 heterocycles. The number of nitrogens with one attached hydrogen (secondary N) is 1. The number of aryl methyl sites for hydroxylation is 2. The van der Waals surface area contributed by atoms with E-state index in [0.717, 1.165) is 73.9 Å². The summed E-state index contributed by atoms with van der Waals surface area (Å²) in [5.74, 6) is -0.177. The van der Waals surface area contributed by atoms with Gasteiger partial charge in [0.25, 0.3) is 0 Å². The first-order chi connectivity index (χ1) is 20.0. The first-order valence-electron chi connectivity index (χ1n) is 15.1. The number of anilines is 1. The number of carbonyl (C=O) groups is 2. The highest BCUT2D eigenvalue weighted by atomic mass is 16.6. The van der Waals surface area contributed by atoms with Crippen molar-refractivity contribution >= 4 is 17.7 Å². The molecular weight excluding hydrogens is 512 g/mol. The molecule has 0 spiro atoms. The number of hydrogen-bond donors (Lipinski definition) is 1. The molecule has 1 amide bonds. The molecular formula is C35H44N2O4. The molecule has 0 atom stereocenters. The fourth-order valence-electron chi connectivity index (χ4n) is 5.64. The molecule has 41 heavy (non-hydrogen) atoms. The average Bonchev–Trinajstić information content (AvgIpc) is 2.99. The van der Waals surface area contributed by atoms with E-state index in [1.807, 2.05) is 49.4 Å². The second-order valence-electron chi connectivity index (χ2n) is 10.9. The Morgan fingerprint density at radius 3 is 2.24 bits per heavy atom. The average molecular weight is 557 g/mol. The van der Waals surface area contributed by atoms with Gasteiger partial charge in [-0.3, -0.25) is 10.1 Å². The lowest BCUT2D eigenvalue weighted by Crippen LogP contribution is -2.38. The summed E-state index contributed by atoms with van der Waals surface area (Å²) in [7, 11) is 2.22. The minimum absolute atomic E-state index is 0.0723. The molecule has 0 saturated heterocycles. The Hall–Kier alpha value is -3.64. The van der Waals surface area contributed by atoms with Crippen molar-refractivity contribution in [3.63, 3.8) is 0 Å². The molecule has 3 aromatic carbocycles. The van der Waals surface area contributed by atoms with E-state index in [0.29, 0.717) is 25.5 Å². The van der Waals surface area contributed by atoms with Gasteiger partial charge in [-0.1, -0.05) is 72.8 Å². The third-order valence-corrected chi connectivity index (χ3v) is 7.92. The lowest BCUT2D eigenvalue weighted by atomic mass is 9.92. The van der Waals surface area contributed by atoms with Crippen molar-refractivity contribution in [3.8, 4) is 11.1 Å². The molecule has 0 aromatic heterocycles. The van der Waals surface area contributed by atoms with Crippen molar-refractivity contribution in [3.05, 3.63) is 90.0 Å². The quantitative estimate of drug-likeness (QED) is 0.219. The SMILES string of the molecule is CCOC(=O)CCCc1ccc(-c2ccccc2)c(NC(=O)OC2CCC(N(C)CCCc3ccccc3)CC2)c1. The molecule has 6 heteroatoms. The van der Waals surface area contributed by atoms with Gasteiger partial charge < -0.3 is 14.4 Å². The minimum atomic E-state index is -0.412. The largest absolute Gasteiger partial charge is 0.466 e. The third kappa shape index (κ3) is 9.75. The van der Waals surface area contributed by atoms with E-state index in [4.69, 9.17) is 9.47 Å². The van der Waals surface area contributed by atoms with E-state index in [9.17, 15) is 9.59 Å². The van der Waals surface area contributed by atoms with Crippen LogP contribution in [-0.4, -0.2) is 49.3 Å². The maximum absolute atomic E-state index is 13.0. The van der Waals surface area contributed by atoms with E-state index in [1.54, 1.807) is 0 Å². The van der Waals surface area contributed by atoms with Crippen LogP contribution in [-0.2, 0) is 27.1 Å². The van der Waals surface area contributed by atoms with Gasteiger partial charge in [0.05, 0.1) is 12.3 Å². The summed E-state index contributed by atoms with van der Waals surface area (Å²) in [6.07, 6.45) is 7.37. The first kappa shape index (κ1) is 30.3. The zero-order valence-electron chi connectivity index (χ0n) is 24.5. The van der Waals surface area contributed by atoms with Crippen LogP contribution in [0.3, 0.4) is 0 Å². The topological polar surface area (TPSA) is 67.9 Å². The van der Waals surface area contributed by atoms with Crippen molar-refractivity contribution in [1.82, 2.24) is 4.90 Å². The summed E-state index contributed by atoms with van der Waals surface area (Å²) in [4.78, 5) is 27.2. The van der Waals surface area contributed by atoms with Crippen LogP contribution in [0.5, 0.6) is 0 Å². The first-order valence-corrected chi connectivity index (χ1v) is 15.1. The standard InChI is InChI=1S/C35H44N2O4/c1-3-40-34(38)18-10-14-28-19-24-32(29-16-8-5-9-17-29)33(26-28)36-35(39)41-31-22-20-30(21-23-31)37(2)25-11-15-27-12-6-4-7-13-27/h4-9,12-13,16-17,19,24,26,30-31H,3,10-11,14-15,18,20-23,25H2,1-2H3,(H,36,39). The number of carbonyl (C=O) groups excluding carboxylic acids is 2. The minimum Gasteiger partial charge on any atom is -0.466 e. The molecule has 0 aliphatic heterocycles. The molecule has 1 aliphatic rings. The molecule has 1 N–H and O–H groups in total. The maximum Gasteiger partial charge on any atom is 0.411 e. The number of hydrogen-bond acceptors (Lipinski definition) is 5. The smallest absolute Gasteiger partial charge is 0.411 e. The Bertz CT molecular complexity index is 1220. The van der Waals surface area contributed by atoms with Gasteiger partial charge >= 0.3 is 12.1 Å². The normalized spacial score (nSPS) is 16.8. The molecule has 6 nitrogen and oxygen atoms in total. The van der Waals surface area contributed by atoms with Gasteiger partial charge in [0.15, 0.2) is 0 Å². The van der Waals surface area contributed by atoms with Crippen LogP contribution < -0.4 is 5.32 Å². The highest BCUT2D eigenvalue weighted by molar-refractivity contribution is 5.91. The Morgan fingerprint density at radius 1 is 0.854 bits per heavy atom. The van der Waals surface area contributed by atoms with E-state index in [1.165, 1.54) is 5.56 Å². The van der Waals surface area contributed by atoms with Crippen LogP contribution in [0.2, 0.25) is 0 Å². The maximum atomic E-state index is 13.0. The van der Waals surface area contributed by atoms with E-state index in [-0.39, 0.29) is 12.1 Å². The summed E-state index contributed by atoms with van der Waals surface area (Å²) in [5.41, 5.74) is 5.14. The fraction of sp³-hybridized carbons (Fsp3) is 0.429. The van der Waals surface area contributed by atoms with Crippen LogP contribution >= 0.6 is 0 Å². The summed E-state index contributed by atoms with van der Waals surface area (Å²) in [6.45, 7) is 3.29. The molecule has 0 unspecified atom stereocenters. The van der Waals surface area contributed by atoms with Crippen molar-refractivity contribution in [2.24, 2.45) is 0 Å². The van der Waals surface area contributed by atoms with Crippen molar-refractivity contribution in [2.75, 3.05) is 25.5 Å². The van der Waals surface area contributed by atoms with Gasteiger partial charge in [-0.05, 0) is 94.6 Å². The molecule has 0 radical (unpaired) electrons. The van der Waals surface area contributed by atoms with Crippen LogP contribution in [0.15, 0.2) is 78.9 Å². The van der Waals surface area contributed by atoms with Gasteiger partial charge in [-0.2, -0.15) is 0 Å².